The molecule has 1 aliphatic rings. The summed E-state index contributed by atoms with van der Waals surface area (Å²) in [5, 5.41) is 17.5. The maximum atomic E-state index is 9.65. The molecule has 5 heteroatoms. The molecule has 0 unspecified atom stereocenters. The number of aliphatic hydroxyl groups is 1. The monoisotopic (exact) mass is 328 g/mol. The van der Waals surface area contributed by atoms with E-state index < -0.39 is 0 Å². The summed E-state index contributed by atoms with van der Waals surface area (Å²) >= 11 is 0. The summed E-state index contributed by atoms with van der Waals surface area (Å²) < 4.78 is 1.96. The normalized spacial score (nSPS) is 17.9. The number of hydrogen-bond donors (Lipinski definition) is 2. The van der Waals surface area contributed by atoms with E-state index in [0.717, 1.165) is 45.6 Å². The first kappa shape index (κ1) is 17.1. The molecule has 1 fully saturated rings. The number of rotatable bonds is 7. The van der Waals surface area contributed by atoms with Crippen molar-refractivity contribution < 1.29 is 5.11 Å². The lowest BCUT2D eigenvalue weighted by Gasteiger charge is -2.30. The zero-order valence-electron chi connectivity index (χ0n) is 14.4. The summed E-state index contributed by atoms with van der Waals surface area (Å²) in [6.07, 6.45) is 5.48. The van der Waals surface area contributed by atoms with Gasteiger partial charge in [0, 0.05) is 44.6 Å². The quantitative estimate of drug-likeness (QED) is 0.816. The van der Waals surface area contributed by atoms with Gasteiger partial charge in [0.25, 0.3) is 0 Å². The molecule has 5 nitrogen and oxygen atoms in total. The second kappa shape index (κ2) is 8.42. The van der Waals surface area contributed by atoms with Gasteiger partial charge in [0.2, 0.25) is 0 Å². The predicted octanol–water partition coefficient (Wildman–Crippen LogP) is 2.02. The Morgan fingerprint density at radius 1 is 1.21 bits per heavy atom. The van der Waals surface area contributed by atoms with Crippen LogP contribution in [0.4, 0.5) is 0 Å². The van der Waals surface area contributed by atoms with E-state index >= 15 is 0 Å². The Hall–Kier alpha value is -1.69. The first-order valence-electron chi connectivity index (χ1n) is 8.88. The van der Waals surface area contributed by atoms with Gasteiger partial charge in [0.1, 0.15) is 0 Å². The topological polar surface area (TPSA) is 53.3 Å². The highest BCUT2D eigenvalue weighted by Crippen LogP contribution is 2.16. The minimum absolute atomic E-state index is 0.110. The maximum Gasteiger partial charge on any atom is 0.0564 e. The standard InChI is InChI=1S/C19H28N4O/c1-16(14-23-10-4-9-21-23)20-13-17-5-2-3-6-18(17)15-22-11-7-19(24)8-12-22/h2-6,9-10,16,19-20,24H,7-8,11-15H2,1H3/t16-/m1/s1. The molecule has 0 saturated carbocycles. The number of likely N-dealkylation sites (tertiary alicyclic amines) is 1. The summed E-state index contributed by atoms with van der Waals surface area (Å²) in [7, 11) is 0. The summed E-state index contributed by atoms with van der Waals surface area (Å²) in [4.78, 5) is 2.44. The van der Waals surface area contributed by atoms with E-state index in [2.05, 4.69) is 46.5 Å². The molecule has 0 aliphatic carbocycles. The van der Waals surface area contributed by atoms with Crippen LogP contribution in [-0.4, -0.2) is 45.0 Å². The molecule has 0 radical (unpaired) electrons. The minimum Gasteiger partial charge on any atom is -0.393 e. The van der Waals surface area contributed by atoms with Crippen LogP contribution in [0.2, 0.25) is 0 Å². The van der Waals surface area contributed by atoms with Crippen molar-refractivity contribution in [3.05, 3.63) is 53.9 Å². The Morgan fingerprint density at radius 3 is 2.67 bits per heavy atom. The van der Waals surface area contributed by atoms with Crippen molar-refractivity contribution in [2.75, 3.05) is 13.1 Å². The molecule has 0 spiro atoms. The third kappa shape index (κ3) is 4.90. The predicted molar refractivity (Wildman–Crippen MR) is 95.5 cm³/mol. The highest BCUT2D eigenvalue weighted by Gasteiger charge is 2.17. The number of hydrogen-bond acceptors (Lipinski definition) is 4. The van der Waals surface area contributed by atoms with Crippen molar-refractivity contribution in [2.45, 2.75) is 51.5 Å². The Kier molecular flexibility index (Phi) is 6.01. The average Bonchev–Trinajstić information content (AvgIpc) is 3.09. The molecule has 1 aliphatic heterocycles. The number of aliphatic hydroxyl groups excluding tert-OH is 1. The minimum atomic E-state index is -0.110. The second-order valence-corrected chi connectivity index (χ2v) is 6.79. The fraction of sp³-hybridized carbons (Fsp3) is 0.526. The lowest BCUT2D eigenvalue weighted by molar-refractivity contribution is 0.0791. The van der Waals surface area contributed by atoms with Crippen LogP contribution in [0.1, 0.15) is 30.9 Å². The van der Waals surface area contributed by atoms with Gasteiger partial charge >= 0.3 is 0 Å². The average molecular weight is 328 g/mol. The highest BCUT2D eigenvalue weighted by atomic mass is 16.3. The third-order valence-corrected chi connectivity index (χ3v) is 4.73. The molecule has 0 bridgehead atoms. The summed E-state index contributed by atoms with van der Waals surface area (Å²) in [5.41, 5.74) is 2.74. The summed E-state index contributed by atoms with van der Waals surface area (Å²) in [6.45, 7) is 6.87. The Morgan fingerprint density at radius 2 is 1.96 bits per heavy atom. The Labute approximate surface area is 144 Å². The molecule has 0 amide bonds. The first-order valence-corrected chi connectivity index (χ1v) is 8.88. The number of nitrogens with one attached hydrogen (secondary N) is 1. The second-order valence-electron chi connectivity index (χ2n) is 6.79. The molecular weight excluding hydrogens is 300 g/mol. The van der Waals surface area contributed by atoms with Crippen LogP contribution < -0.4 is 5.32 Å². The van der Waals surface area contributed by atoms with E-state index in [1.807, 2.05) is 23.1 Å². The maximum absolute atomic E-state index is 9.65. The van der Waals surface area contributed by atoms with Crippen molar-refractivity contribution in [1.82, 2.24) is 20.0 Å². The van der Waals surface area contributed by atoms with Gasteiger partial charge < -0.3 is 10.4 Å². The van der Waals surface area contributed by atoms with Crippen LogP contribution in [0.15, 0.2) is 42.7 Å². The van der Waals surface area contributed by atoms with Gasteiger partial charge in [-0.05, 0) is 37.0 Å². The smallest absolute Gasteiger partial charge is 0.0564 e. The lowest BCUT2D eigenvalue weighted by atomic mass is 10.0. The number of benzene rings is 1. The van der Waals surface area contributed by atoms with Crippen LogP contribution in [0, 0.1) is 0 Å². The number of aromatic nitrogens is 2. The van der Waals surface area contributed by atoms with Gasteiger partial charge in [-0.15, -0.1) is 0 Å². The molecular formula is C19H28N4O. The molecule has 2 aromatic rings. The van der Waals surface area contributed by atoms with Crippen molar-refractivity contribution in [3.63, 3.8) is 0 Å². The fourth-order valence-electron chi connectivity index (χ4n) is 3.24. The van der Waals surface area contributed by atoms with Crippen molar-refractivity contribution in [3.8, 4) is 0 Å². The van der Waals surface area contributed by atoms with E-state index in [-0.39, 0.29) is 6.10 Å². The molecule has 3 rings (SSSR count). The Bertz CT molecular complexity index is 606. The molecule has 1 atom stereocenters. The van der Waals surface area contributed by atoms with Crippen LogP contribution in [0.3, 0.4) is 0 Å². The van der Waals surface area contributed by atoms with E-state index in [4.69, 9.17) is 0 Å². The molecule has 1 aromatic heterocycles. The zero-order valence-corrected chi connectivity index (χ0v) is 14.4. The number of piperidine rings is 1. The van der Waals surface area contributed by atoms with E-state index in [1.54, 1.807) is 0 Å². The van der Waals surface area contributed by atoms with E-state index in [9.17, 15) is 5.11 Å². The number of nitrogens with zero attached hydrogens (tertiary/aromatic N) is 3. The van der Waals surface area contributed by atoms with Crippen molar-refractivity contribution in [2.24, 2.45) is 0 Å². The largest absolute Gasteiger partial charge is 0.393 e. The zero-order chi connectivity index (χ0) is 16.8. The first-order chi connectivity index (χ1) is 11.7. The van der Waals surface area contributed by atoms with Crippen LogP contribution in [0.25, 0.3) is 0 Å². The SMILES string of the molecule is C[C@H](Cn1cccn1)NCc1ccccc1CN1CCC(O)CC1. The van der Waals surface area contributed by atoms with Crippen molar-refractivity contribution >= 4 is 0 Å². The van der Waals surface area contributed by atoms with Crippen LogP contribution >= 0.6 is 0 Å². The van der Waals surface area contributed by atoms with Crippen LogP contribution in [-0.2, 0) is 19.6 Å². The van der Waals surface area contributed by atoms with E-state index in [0.29, 0.717) is 6.04 Å². The van der Waals surface area contributed by atoms with Gasteiger partial charge in [-0.25, -0.2) is 0 Å². The van der Waals surface area contributed by atoms with Gasteiger partial charge in [0.05, 0.1) is 12.6 Å². The molecule has 1 saturated heterocycles. The molecule has 130 valence electrons. The molecule has 2 heterocycles. The third-order valence-electron chi connectivity index (χ3n) is 4.73. The highest BCUT2D eigenvalue weighted by molar-refractivity contribution is 5.27. The summed E-state index contributed by atoms with van der Waals surface area (Å²) in [5.74, 6) is 0. The molecule has 2 N–H and O–H groups in total. The van der Waals surface area contributed by atoms with Gasteiger partial charge in [0.15, 0.2) is 0 Å². The van der Waals surface area contributed by atoms with Crippen LogP contribution in [0.5, 0.6) is 0 Å². The summed E-state index contributed by atoms with van der Waals surface area (Å²) in [6, 6.07) is 11.0. The fourth-order valence-corrected chi connectivity index (χ4v) is 3.24. The van der Waals surface area contributed by atoms with Gasteiger partial charge in [-0.2, -0.15) is 5.10 Å². The molecule has 1 aromatic carbocycles. The van der Waals surface area contributed by atoms with Gasteiger partial charge in [-0.3, -0.25) is 9.58 Å². The van der Waals surface area contributed by atoms with E-state index in [1.165, 1.54) is 11.1 Å². The lowest BCUT2D eigenvalue weighted by Crippen LogP contribution is -2.36. The van der Waals surface area contributed by atoms with Crippen molar-refractivity contribution in [1.29, 1.82) is 0 Å². The molecule has 24 heavy (non-hydrogen) atoms. The Balaban J connectivity index is 1.53. The van der Waals surface area contributed by atoms with Gasteiger partial charge in [-0.1, -0.05) is 24.3 Å².